The Morgan fingerprint density at radius 1 is 1.35 bits per heavy atom. The first-order valence-corrected chi connectivity index (χ1v) is 7.01. The number of halogens is 1. The van der Waals surface area contributed by atoms with E-state index in [1.54, 1.807) is 10.8 Å². The fraction of sp³-hybridized carbons (Fsp3) is 0.455. The van der Waals surface area contributed by atoms with Gasteiger partial charge < -0.3 is 30.4 Å². The number of hydrogen-bond acceptors (Lipinski definition) is 7. The molecule has 1 saturated heterocycles. The summed E-state index contributed by atoms with van der Waals surface area (Å²) in [5, 5.41) is 29.7. The quantitative estimate of drug-likeness (QED) is 0.495. The Bertz CT molecular complexity index is 649. The molecule has 2 aromatic heterocycles. The van der Waals surface area contributed by atoms with Gasteiger partial charge in [-0.2, -0.15) is 0 Å². The van der Waals surface area contributed by atoms with E-state index < -0.39 is 24.5 Å². The zero-order chi connectivity index (χ0) is 14.4. The summed E-state index contributed by atoms with van der Waals surface area (Å²) in [5.74, 6) is 0.338. The molecule has 5 N–H and O–H groups in total. The molecule has 0 aromatic carbocycles. The van der Waals surface area contributed by atoms with Crippen molar-refractivity contribution >= 4 is 39.4 Å². The van der Waals surface area contributed by atoms with Gasteiger partial charge in [0.05, 0.1) is 12.0 Å². The normalized spacial score (nSPS) is 30.2. The fourth-order valence-electron chi connectivity index (χ4n) is 2.37. The summed E-state index contributed by atoms with van der Waals surface area (Å²) in [6.45, 7) is -0.373. The lowest BCUT2D eigenvalue weighted by Gasteiger charge is -2.17. The minimum atomic E-state index is -1.16. The second-order valence-electron chi connectivity index (χ2n) is 4.57. The number of aliphatic hydroxyl groups is 3. The van der Waals surface area contributed by atoms with Crippen LogP contribution in [0, 0.1) is 3.57 Å². The number of fused-ring (bicyclic) bond motifs is 1. The summed E-state index contributed by atoms with van der Waals surface area (Å²) in [5.41, 5.74) is 6.33. The van der Waals surface area contributed by atoms with Crippen LogP contribution in [0.5, 0.6) is 0 Å². The number of ether oxygens (including phenoxy) is 1. The number of aliphatic hydroxyl groups excluding tert-OH is 3. The van der Waals surface area contributed by atoms with Crippen molar-refractivity contribution in [1.82, 2.24) is 14.5 Å². The highest BCUT2D eigenvalue weighted by atomic mass is 127. The molecule has 0 unspecified atom stereocenters. The molecule has 3 rings (SSSR count). The Balaban J connectivity index is 2.10. The number of hydrogen-bond donors (Lipinski definition) is 4. The van der Waals surface area contributed by atoms with Gasteiger partial charge in [-0.25, -0.2) is 9.97 Å². The van der Waals surface area contributed by atoms with Gasteiger partial charge in [-0.1, -0.05) is 0 Å². The second-order valence-corrected chi connectivity index (χ2v) is 5.73. The fourth-order valence-corrected chi connectivity index (χ4v) is 3.18. The van der Waals surface area contributed by atoms with Crippen molar-refractivity contribution in [3.05, 3.63) is 16.1 Å². The molecule has 0 spiro atoms. The predicted octanol–water partition coefficient (Wildman–Crippen LogP) is -0.770. The highest BCUT2D eigenvalue weighted by molar-refractivity contribution is 14.1. The van der Waals surface area contributed by atoms with Gasteiger partial charge in [-0.3, -0.25) is 0 Å². The minimum Gasteiger partial charge on any atom is -0.394 e. The van der Waals surface area contributed by atoms with E-state index in [9.17, 15) is 10.2 Å². The van der Waals surface area contributed by atoms with Gasteiger partial charge in [0.15, 0.2) is 6.23 Å². The van der Waals surface area contributed by atoms with Gasteiger partial charge in [0, 0.05) is 9.77 Å². The van der Waals surface area contributed by atoms with E-state index in [0.29, 0.717) is 16.9 Å². The van der Waals surface area contributed by atoms with Crippen molar-refractivity contribution in [3.63, 3.8) is 0 Å². The molecule has 3 heterocycles. The van der Waals surface area contributed by atoms with E-state index in [1.165, 1.54) is 6.33 Å². The third-order valence-corrected chi connectivity index (χ3v) is 4.20. The van der Waals surface area contributed by atoms with Crippen LogP contribution in [-0.4, -0.2) is 54.8 Å². The van der Waals surface area contributed by atoms with Crippen molar-refractivity contribution in [3.8, 4) is 0 Å². The lowest BCUT2D eigenvalue weighted by molar-refractivity contribution is -0.0509. The number of nitrogens with zero attached hydrogens (tertiary/aromatic N) is 3. The van der Waals surface area contributed by atoms with Crippen LogP contribution in [0.3, 0.4) is 0 Å². The maximum absolute atomic E-state index is 10.1. The number of nitrogen functional groups attached to an aromatic ring is 1. The van der Waals surface area contributed by atoms with E-state index in [1.807, 2.05) is 0 Å². The van der Waals surface area contributed by atoms with E-state index in [0.717, 1.165) is 3.57 Å². The van der Waals surface area contributed by atoms with Crippen LogP contribution in [0.4, 0.5) is 5.82 Å². The second kappa shape index (κ2) is 5.07. The molecule has 0 bridgehead atoms. The molecule has 0 radical (unpaired) electrons. The summed E-state index contributed by atoms with van der Waals surface area (Å²) in [7, 11) is 0. The van der Waals surface area contributed by atoms with Crippen LogP contribution < -0.4 is 5.73 Å². The molecule has 0 saturated carbocycles. The molecule has 0 amide bonds. The Morgan fingerprint density at radius 2 is 2.10 bits per heavy atom. The minimum absolute atomic E-state index is 0.338. The summed E-state index contributed by atoms with van der Waals surface area (Å²) >= 11 is 2.09. The van der Waals surface area contributed by atoms with Crippen LogP contribution >= 0.6 is 22.6 Å². The van der Waals surface area contributed by atoms with Crippen molar-refractivity contribution < 1.29 is 20.1 Å². The van der Waals surface area contributed by atoms with E-state index >= 15 is 0 Å². The molecule has 1 aliphatic rings. The Morgan fingerprint density at radius 3 is 2.75 bits per heavy atom. The molecular weight excluding hydrogens is 379 g/mol. The van der Waals surface area contributed by atoms with Gasteiger partial charge >= 0.3 is 0 Å². The van der Waals surface area contributed by atoms with E-state index in [2.05, 4.69) is 32.6 Å². The van der Waals surface area contributed by atoms with Gasteiger partial charge in [0.25, 0.3) is 0 Å². The van der Waals surface area contributed by atoms with Crippen LogP contribution in [0.25, 0.3) is 11.0 Å². The molecule has 0 aliphatic carbocycles. The molecule has 8 nitrogen and oxygen atoms in total. The Kier molecular flexibility index (Phi) is 3.54. The van der Waals surface area contributed by atoms with E-state index in [4.69, 9.17) is 15.6 Å². The number of rotatable bonds is 2. The summed E-state index contributed by atoms with van der Waals surface area (Å²) < 4.78 is 7.90. The predicted molar refractivity (Wildman–Crippen MR) is 77.7 cm³/mol. The average molecular weight is 392 g/mol. The Labute approximate surface area is 127 Å². The molecule has 9 heteroatoms. The molecule has 2 aromatic rings. The number of aromatic nitrogens is 3. The summed E-state index contributed by atoms with van der Waals surface area (Å²) in [6, 6.07) is 0. The average Bonchev–Trinajstić information content (AvgIpc) is 2.90. The van der Waals surface area contributed by atoms with Crippen molar-refractivity contribution in [2.75, 3.05) is 12.3 Å². The molecule has 4 atom stereocenters. The molecule has 108 valence electrons. The van der Waals surface area contributed by atoms with Crippen molar-refractivity contribution in [1.29, 1.82) is 0 Å². The zero-order valence-corrected chi connectivity index (χ0v) is 12.4. The molecule has 1 aliphatic heterocycles. The SMILES string of the molecule is Nc1ncnc2c1c(I)cn2[C@@H]1O[C@H](CO)[C@H](O)[C@@H]1O. The zero-order valence-electron chi connectivity index (χ0n) is 10.2. The van der Waals surface area contributed by atoms with Gasteiger partial charge in [0.2, 0.25) is 0 Å². The maximum Gasteiger partial charge on any atom is 0.164 e. The van der Waals surface area contributed by atoms with Crippen LogP contribution in [0.2, 0.25) is 0 Å². The lowest BCUT2D eigenvalue weighted by Crippen LogP contribution is -2.33. The number of anilines is 1. The first-order chi connectivity index (χ1) is 9.54. The summed E-state index contributed by atoms with van der Waals surface area (Å²) in [4.78, 5) is 8.08. The number of nitrogens with two attached hydrogens (primary N) is 1. The van der Waals surface area contributed by atoms with Gasteiger partial charge in [0.1, 0.15) is 36.1 Å². The highest BCUT2D eigenvalue weighted by Crippen LogP contribution is 2.34. The molecule has 20 heavy (non-hydrogen) atoms. The largest absolute Gasteiger partial charge is 0.394 e. The van der Waals surface area contributed by atoms with Crippen LogP contribution in [0.1, 0.15) is 6.23 Å². The Hall–Kier alpha value is -1.01. The first kappa shape index (κ1) is 13.9. The summed E-state index contributed by atoms with van der Waals surface area (Å²) in [6.07, 6.45) is -0.928. The van der Waals surface area contributed by atoms with Gasteiger partial charge in [-0.15, -0.1) is 0 Å². The third-order valence-electron chi connectivity index (χ3n) is 3.38. The standard InChI is InChI=1S/C11H13IN4O4/c12-4-1-16(10-6(4)9(13)14-3-15-10)11-8(19)7(18)5(2-17)20-11/h1,3,5,7-8,11,17-19H,2H2,(H2,13,14,15)/t5-,7+,8+,11-/m1/s1. The molecular formula is C11H13IN4O4. The van der Waals surface area contributed by atoms with Crippen LogP contribution in [0.15, 0.2) is 12.5 Å². The van der Waals surface area contributed by atoms with E-state index in [-0.39, 0.29) is 6.61 Å². The highest BCUT2D eigenvalue weighted by Gasteiger charge is 2.44. The smallest absolute Gasteiger partial charge is 0.164 e. The van der Waals surface area contributed by atoms with Gasteiger partial charge in [-0.05, 0) is 22.6 Å². The van der Waals surface area contributed by atoms with Crippen LogP contribution in [-0.2, 0) is 4.74 Å². The van der Waals surface area contributed by atoms with Crippen molar-refractivity contribution in [2.45, 2.75) is 24.5 Å². The maximum atomic E-state index is 10.1. The third kappa shape index (κ3) is 1.97. The molecule has 1 fully saturated rings. The topological polar surface area (TPSA) is 127 Å². The van der Waals surface area contributed by atoms with Crippen molar-refractivity contribution in [2.24, 2.45) is 0 Å². The first-order valence-electron chi connectivity index (χ1n) is 5.93. The lowest BCUT2D eigenvalue weighted by atomic mass is 10.1. The monoisotopic (exact) mass is 392 g/mol.